The lowest BCUT2D eigenvalue weighted by atomic mass is 9.98. The molecule has 1 N–H and O–H groups in total. The van der Waals surface area contributed by atoms with Crippen molar-refractivity contribution in [2.45, 2.75) is 31.6 Å². The number of methoxy groups -OCH3 is 1. The van der Waals surface area contributed by atoms with Crippen LogP contribution < -0.4 is 4.90 Å². The van der Waals surface area contributed by atoms with Crippen molar-refractivity contribution in [1.82, 2.24) is 4.98 Å². The summed E-state index contributed by atoms with van der Waals surface area (Å²) in [6, 6.07) is 0. The molecule has 0 unspecified atom stereocenters. The molecule has 1 aromatic rings. The molecule has 1 saturated heterocycles. The number of carboxylic acids is 1. The number of aromatic carboxylic acids is 1. The molecule has 6 heteroatoms. The van der Waals surface area contributed by atoms with E-state index < -0.39 is 5.97 Å². The lowest BCUT2D eigenvalue weighted by Crippen LogP contribution is -2.34. The Hall–Kier alpha value is -1.14. The van der Waals surface area contributed by atoms with Gasteiger partial charge in [-0.1, -0.05) is 11.3 Å². The predicted molar refractivity (Wildman–Crippen MR) is 77.9 cm³/mol. The molecule has 1 aromatic heterocycles. The number of rotatable bonds is 5. The van der Waals surface area contributed by atoms with Crippen molar-refractivity contribution in [1.29, 1.82) is 0 Å². The first-order valence-corrected chi connectivity index (χ1v) is 7.98. The van der Waals surface area contributed by atoms with E-state index in [1.807, 2.05) is 0 Å². The predicted octanol–water partition coefficient (Wildman–Crippen LogP) is 2.58. The number of ether oxygens (including phenoxy) is 1. The van der Waals surface area contributed by atoms with Gasteiger partial charge in [-0.15, -0.1) is 0 Å². The van der Waals surface area contributed by atoms with Crippen molar-refractivity contribution in [2.75, 3.05) is 31.7 Å². The number of carboxylic acid groups (broad SMARTS) is 1. The lowest BCUT2D eigenvalue weighted by molar-refractivity contribution is 0.0700. The van der Waals surface area contributed by atoms with Gasteiger partial charge in [-0.25, -0.2) is 9.78 Å². The summed E-state index contributed by atoms with van der Waals surface area (Å²) in [5.41, 5.74) is 0.816. The van der Waals surface area contributed by atoms with Crippen molar-refractivity contribution >= 4 is 22.4 Å². The number of carbonyl (C=O) groups is 1. The number of anilines is 1. The minimum Gasteiger partial charge on any atom is -0.477 e. The number of aromatic nitrogens is 1. The monoisotopic (exact) mass is 296 g/mol. The molecular formula is C14H20N2O3S. The number of thiazole rings is 1. The molecule has 3 rings (SSSR count). The van der Waals surface area contributed by atoms with Gasteiger partial charge in [0.05, 0.1) is 5.69 Å². The second-order valence-electron chi connectivity index (χ2n) is 5.68. The fraction of sp³-hybridized carbons (Fsp3) is 0.714. The fourth-order valence-electron chi connectivity index (χ4n) is 2.77. The Morgan fingerprint density at radius 1 is 1.40 bits per heavy atom. The number of hydrogen-bond acceptors (Lipinski definition) is 5. The van der Waals surface area contributed by atoms with Crippen LogP contribution in [0, 0.1) is 5.92 Å². The highest BCUT2D eigenvalue weighted by molar-refractivity contribution is 7.17. The molecule has 0 amide bonds. The van der Waals surface area contributed by atoms with Gasteiger partial charge in [0.2, 0.25) is 0 Å². The van der Waals surface area contributed by atoms with Crippen LogP contribution in [0.2, 0.25) is 0 Å². The molecule has 0 bridgehead atoms. The van der Waals surface area contributed by atoms with Crippen LogP contribution in [0.4, 0.5) is 5.13 Å². The Bertz CT molecular complexity index is 491. The molecule has 2 aliphatic rings. The van der Waals surface area contributed by atoms with Gasteiger partial charge in [-0.2, -0.15) is 0 Å². The minimum atomic E-state index is -0.829. The van der Waals surface area contributed by atoms with Crippen molar-refractivity contribution in [3.63, 3.8) is 0 Å². The highest BCUT2D eigenvalue weighted by Gasteiger charge is 2.33. The van der Waals surface area contributed by atoms with Crippen molar-refractivity contribution < 1.29 is 14.6 Å². The molecule has 0 aromatic carbocycles. The molecule has 1 aliphatic carbocycles. The number of nitrogens with zero attached hydrogens (tertiary/aromatic N) is 2. The average molecular weight is 296 g/mol. The van der Waals surface area contributed by atoms with Gasteiger partial charge in [0.1, 0.15) is 4.88 Å². The third kappa shape index (κ3) is 2.81. The van der Waals surface area contributed by atoms with Crippen molar-refractivity contribution in [3.05, 3.63) is 10.6 Å². The summed E-state index contributed by atoms with van der Waals surface area (Å²) < 4.78 is 5.21. The van der Waals surface area contributed by atoms with E-state index in [0.29, 0.717) is 16.7 Å². The largest absolute Gasteiger partial charge is 0.477 e. The minimum absolute atomic E-state index is 0.386. The lowest BCUT2D eigenvalue weighted by Gasteiger charge is -2.31. The summed E-state index contributed by atoms with van der Waals surface area (Å²) in [5, 5.41) is 10.2. The Morgan fingerprint density at radius 2 is 2.10 bits per heavy atom. The Kier molecular flexibility index (Phi) is 3.94. The standard InChI is InChI=1S/C14H20N2O3S/c1-19-8-9-4-6-16(7-5-9)14-15-11(10-2-3-10)12(20-14)13(17)18/h9-10H,2-8H2,1H3,(H,17,18). The number of hydrogen-bond donors (Lipinski definition) is 1. The zero-order chi connectivity index (χ0) is 14.1. The highest BCUT2D eigenvalue weighted by Crippen LogP contribution is 2.44. The van der Waals surface area contributed by atoms with E-state index >= 15 is 0 Å². The van der Waals surface area contributed by atoms with E-state index in [9.17, 15) is 9.90 Å². The summed E-state index contributed by atoms with van der Waals surface area (Å²) in [6.45, 7) is 2.72. The zero-order valence-electron chi connectivity index (χ0n) is 11.7. The Balaban J connectivity index is 1.71. The van der Waals surface area contributed by atoms with Gasteiger partial charge in [-0.3, -0.25) is 0 Å². The van der Waals surface area contributed by atoms with E-state index in [1.165, 1.54) is 11.3 Å². The number of piperidine rings is 1. The molecule has 0 atom stereocenters. The molecular weight excluding hydrogens is 276 g/mol. The first-order valence-electron chi connectivity index (χ1n) is 7.17. The molecule has 1 aliphatic heterocycles. The summed E-state index contributed by atoms with van der Waals surface area (Å²) in [4.78, 5) is 18.6. The third-order valence-corrected chi connectivity index (χ3v) is 5.21. The first-order chi connectivity index (χ1) is 9.69. The molecule has 2 fully saturated rings. The van der Waals surface area contributed by atoms with Gasteiger partial charge < -0.3 is 14.7 Å². The van der Waals surface area contributed by atoms with Crippen LogP contribution in [0.15, 0.2) is 0 Å². The SMILES string of the molecule is COCC1CCN(c2nc(C3CC3)c(C(=O)O)s2)CC1. The highest BCUT2D eigenvalue weighted by atomic mass is 32.1. The van der Waals surface area contributed by atoms with Gasteiger partial charge in [-0.05, 0) is 31.6 Å². The van der Waals surface area contributed by atoms with Crippen LogP contribution in [-0.2, 0) is 4.74 Å². The fourth-order valence-corrected chi connectivity index (χ4v) is 3.81. The van der Waals surface area contributed by atoms with Gasteiger partial charge in [0, 0.05) is 32.7 Å². The third-order valence-electron chi connectivity index (χ3n) is 4.09. The van der Waals surface area contributed by atoms with Gasteiger partial charge >= 0.3 is 5.97 Å². The smallest absolute Gasteiger partial charge is 0.347 e. The van der Waals surface area contributed by atoms with E-state index in [0.717, 1.165) is 56.2 Å². The second-order valence-corrected chi connectivity index (χ2v) is 6.65. The van der Waals surface area contributed by atoms with Crippen LogP contribution in [0.3, 0.4) is 0 Å². The van der Waals surface area contributed by atoms with Crippen molar-refractivity contribution in [2.24, 2.45) is 5.92 Å². The van der Waals surface area contributed by atoms with Crippen LogP contribution in [0.25, 0.3) is 0 Å². The average Bonchev–Trinajstić information content (AvgIpc) is 3.19. The van der Waals surface area contributed by atoms with Crippen LogP contribution in [0.1, 0.15) is 47.0 Å². The van der Waals surface area contributed by atoms with E-state index in [2.05, 4.69) is 9.88 Å². The quantitative estimate of drug-likeness (QED) is 0.905. The maximum absolute atomic E-state index is 11.3. The maximum Gasteiger partial charge on any atom is 0.347 e. The van der Waals surface area contributed by atoms with Crippen LogP contribution in [0.5, 0.6) is 0 Å². The van der Waals surface area contributed by atoms with E-state index in [-0.39, 0.29) is 0 Å². The molecule has 0 radical (unpaired) electrons. The summed E-state index contributed by atoms with van der Waals surface area (Å²) in [6.07, 6.45) is 4.35. The van der Waals surface area contributed by atoms with Gasteiger partial charge in [0.15, 0.2) is 5.13 Å². The first kappa shape index (κ1) is 13.8. The summed E-state index contributed by atoms with van der Waals surface area (Å²) in [5.74, 6) is 0.181. The Morgan fingerprint density at radius 3 is 2.65 bits per heavy atom. The van der Waals surface area contributed by atoms with Crippen LogP contribution in [-0.4, -0.2) is 42.9 Å². The molecule has 110 valence electrons. The topological polar surface area (TPSA) is 62.7 Å². The Labute approximate surface area is 122 Å². The molecule has 2 heterocycles. The molecule has 1 saturated carbocycles. The normalized spacial score (nSPS) is 20.4. The van der Waals surface area contributed by atoms with Gasteiger partial charge in [0.25, 0.3) is 0 Å². The zero-order valence-corrected chi connectivity index (χ0v) is 12.5. The van der Waals surface area contributed by atoms with E-state index in [1.54, 1.807) is 7.11 Å². The van der Waals surface area contributed by atoms with Crippen molar-refractivity contribution in [3.8, 4) is 0 Å². The summed E-state index contributed by atoms with van der Waals surface area (Å²) in [7, 11) is 1.74. The molecule has 5 nitrogen and oxygen atoms in total. The summed E-state index contributed by atoms with van der Waals surface area (Å²) >= 11 is 1.34. The van der Waals surface area contributed by atoms with Crippen LogP contribution >= 0.6 is 11.3 Å². The molecule has 20 heavy (non-hydrogen) atoms. The van der Waals surface area contributed by atoms with E-state index in [4.69, 9.17) is 4.74 Å². The molecule has 0 spiro atoms. The second kappa shape index (κ2) is 5.69. The maximum atomic E-state index is 11.3.